The van der Waals surface area contributed by atoms with Crippen LogP contribution in [0.15, 0.2) is 60.7 Å². The van der Waals surface area contributed by atoms with Crippen LogP contribution in [0.2, 0.25) is 0 Å². The first-order chi connectivity index (χ1) is 13.1. The molecular formula is C22H29N3O2. The van der Waals surface area contributed by atoms with Crippen LogP contribution in [0, 0.1) is 0 Å². The number of β-amino-alcohol motifs (C(OH)–C–C–N with tert-alkyl or cyclic N) is 1. The molecule has 27 heavy (non-hydrogen) atoms. The number of allylic oxidation sites excluding steroid dienone is 1. The Labute approximate surface area is 161 Å². The summed E-state index contributed by atoms with van der Waals surface area (Å²) in [5.41, 5.74) is 4.92. The molecular weight excluding hydrogens is 338 g/mol. The van der Waals surface area contributed by atoms with Crippen molar-refractivity contribution in [2.45, 2.75) is 25.5 Å². The fourth-order valence-corrected chi connectivity index (χ4v) is 3.79. The molecule has 3 rings (SSSR count). The van der Waals surface area contributed by atoms with Gasteiger partial charge in [0, 0.05) is 39.3 Å². The molecule has 2 heterocycles. The number of nitrogens with zero attached hydrogens (tertiary/aromatic N) is 2. The second-order valence-corrected chi connectivity index (χ2v) is 7.22. The van der Waals surface area contributed by atoms with E-state index in [1.807, 2.05) is 29.2 Å². The van der Waals surface area contributed by atoms with E-state index in [1.165, 1.54) is 22.3 Å². The van der Waals surface area contributed by atoms with Crippen molar-refractivity contribution in [2.24, 2.45) is 0 Å². The zero-order valence-corrected chi connectivity index (χ0v) is 15.9. The third kappa shape index (κ3) is 4.87. The molecule has 0 aromatic heterocycles. The van der Waals surface area contributed by atoms with E-state index in [9.17, 15) is 9.90 Å². The highest BCUT2D eigenvalue weighted by Gasteiger charge is 2.22. The van der Waals surface area contributed by atoms with Crippen LogP contribution in [0.4, 0.5) is 4.79 Å². The Morgan fingerprint density at radius 3 is 2.59 bits per heavy atom. The third-order valence-corrected chi connectivity index (χ3v) is 5.37. The van der Waals surface area contributed by atoms with Crippen LogP contribution in [0.25, 0.3) is 0 Å². The number of rotatable bonds is 6. The van der Waals surface area contributed by atoms with Crippen molar-refractivity contribution >= 4 is 6.03 Å². The van der Waals surface area contributed by atoms with Gasteiger partial charge < -0.3 is 15.3 Å². The van der Waals surface area contributed by atoms with Crippen molar-refractivity contribution in [3.63, 3.8) is 0 Å². The number of hydrogen-bond donors (Lipinski definition) is 2. The number of amides is 2. The van der Waals surface area contributed by atoms with Gasteiger partial charge in [0.1, 0.15) is 0 Å². The zero-order valence-electron chi connectivity index (χ0n) is 15.9. The molecule has 2 N–H and O–H groups in total. The van der Waals surface area contributed by atoms with Crippen LogP contribution < -0.4 is 5.32 Å². The van der Waals surface area contributed by atoms with Crippen molar-refractivity contribution in [1.29, 1.82) is 0 Å². The van der Waals surface area contributed by atoms with E-state index in [0.29, 0.717) is 19.6 Å². The average molecular weight is 367 g/mol. The lowest BCUT2D eigenvalue weighted by molar-refractivity contribution is 0.112. The second-order valence-electron chi connectivity index (χ2n) is 7.22. The number of carbonyl (C=O) groups excluding carboxylic acids is 1. The fraction of sp³-hybridized carbons (Fsp3) is 0.409. The Bertz CT molecular complexity index is 741. The molecule has 5 nitrogen and oxygen atoms in total. The highest BCUT2D eigenvalue weighted by atomic mass is 16.3. The summed E-state index contributed by atoms with van der Waals surface area (Å²) in [6, 6.07) is 8.13. The molecule has 1 atom stereocenters. The van der Waals surface area contributed by atoms with Crippen LogP contribution in [-0.2, 0) is 13.0 Å². The summed E-state index contributed by atoms with van der Waals surface area (Å²) in [7, 11) is 0. The normalized spacial score (nSPS) is 18.6. The summed E-state index contributed by atoms with van der Waals surface area (Å²) >= 11 is 0. The summed E-state index contributed by atoms with van der Waals surface area (Å²) in [6.45, 7) is 11.5. The van der Waals surface area contributed by atoms with Crippen LogP contribution in [0.1, 0.15) is 17.5 Å². The quantitative estimate of drug-likeness (QED) is 0.812. The molecule has 1 unspecified atom stereocenters. The number of benzene rings is 1. The van der Waals surface area contributed by atoms with Gasteiger partial charge in [-0.25, -0.2) is 4.79 Å². The minimum atomic E-state index is -0.595. The van der Waals surface area contributed by atoms with Gasteiger partial charge in [-0.1, -0.05) is 49.6 Å². The number of aliphatic hydroxyl groups is 1. The van der Waals surface area contributed by atoms with E-state index in [-0.39, 0.29) is 12.6 Å². The Morgan fingerprint density at radius 1 is 1.11 bits per heavy atom. The fourth-order valence-electron chi connectivity index (χ4n) is 3.79. The SMILES string of the molecule is C=CC1=C(C=C)CN(CC(O)CNC(=O)N2CCc3ccccc3C2)CC1. The van der Waals surface area contributed by atoms with Gasteiger partial charge in [-0.3, -0.25) is 4.90 Å². The van der Waals surface area contributed by atoms with Crippen molar-refractivity contribution in [1.82, 2.24) is 15.1 Å². The molecule has 0 spiro atoms. The molecule has 1 aromatic carbocycles. The maximum absolute atomic E-state index is 12.4. The molecule has 144 valence electrons. The van der Waals surface area contributed by atoms with Crippen molar-refractivity contribution < 1.29 is 9.90 Å². The molecule has 0 saturated carbocycles. The number of urea groups is 1. The minimum Gasteiger partial charge on any atom is -0.390 e. The highest BCUT2D eigenvalue weighted by molar-refractivity contribution is 5.74. The summed E-state index contributed by atoms with van der Waals surface area (Å²) in [6.07, 6.45) is 4.95. The smallest absolute Gasteiger partial charge is 0.317 e. The van der Waals surface area contributed by atoms with Crippen molar-refractivity contribution in [3.8, 4) is 0 Å². The molecule has 0 aliphatic carbocycles. The van der Waals surface area contributed by atoms with E-state index in [1.54, 1.807) is 0 Å². The number of hydrogen-bond acceptors (Lipinski definition) is 3. The topological polar surface area (TPSA) is 55.8 Å². The highest BCUT2D eigenvalue weighted by Crippen LogP contribution is 2.20. The molecule has 5 heteroatoms. The molecule has 1 aromatic rings. The van der Waals surface area contributed by atoms with E-state index < -0.39 is 6.10 Å². The average Bonchev–Trinajstić information content (AvgIpc) is 2.71. The lowest BCUT2D eigenvalue weighted by Crippen LogP contribution is -2.47. The summed E-state index contributed by atoms with van der Waals surface area (Å²) in [4.78, 5) is 16.4. The van der Waals surface area contributed by atoms with Gasteiger partial charge in [-0.2, -0.15) is 0 Å². The first kappa shape index (κ1) is 19.4. The lowest BCUT2D eigenvalue weighted by atomic mass is 10.00. The molecule has 2 aliphatic rings. The van der Waals surface area contributed by atoms with Gasteiger partial charge in [0.25, 0.3) is 0 Å². The second kappa shape index (κ2) is 9.02. The van der Waals surface area contributed by atoms with Crippen LogP contribution in [-0.4, -0.2) is 59.8 Å². The number of fused-ring (bicyclic) bond motifs is 1. The molecule has 2 amide bonds. The summed E-state index contributed by atoms with van der Waals surface area (Å²) in [5.74, 6) is 0. The summed E-state index contributed by atoms with van der Waals surface area (Å²) < 4.78 is 0. The van der Waals surface area contributed by atoms with E-state index in [0.717, 1.165) is 25.9 Å². The monoisotopic (exact) mass is 367 g/mol. The molecule has 0 fully saturated rings. The van der Waals surface area contributed by atoms with Crippen molar-refractivity contribution in [2.75, 3.05) is 32.7 Å². The van der Waals surface area contributed by atoms with Gasteiger partial charge >= 0.3 is 6.03 Å². The van der Waals surface area contributed by atoms with Crippen LogP contribution in [0.5, 0.6) is 0 Å². The van der Waals surface area contributed by atoms with Gasteiger partial charge in [0.05, 0.1) is 6.10 Å². The minimum absolute atomic E-state index is 0.109. The Morgan fingerprint density at radius 2 is 1.85 bits per heavy atom. The van der Waals surface area contributed by atoms with E-state index in [2.05, 4.69) is 35.5 Å². The third-order valence-electron chi connectivity index (χ3n) is 5.37. The van der Waals surface area contributed by atoms with Crippen LogP contribution >= 0.6 is 0 Å². The largest absolute Gasteiger partial charge is 0.390 e. The van der Waals surface area contributed by atoms with Gasteiger partial charge in [-0.05, 0) is 35.1 Å². The first-order valence-corrected chi connectivity index (χ1v) is 9.57. The zero-order chi connectivity index (χ0) is 19.2. The number of aliphatic hydroxyl groups excluding tert-OH is 1. The summed E-state index contributed by atoms with van der Waals surface area (Å²) in [5, 5.41) is 13.2. The molecule has 0 bridgehead atoms. The Balaban J connectivity index is 1.45. The predicted molar refractivity (Wildman–Crippen MR) is 108 cm³/mol. The van der Waals surface area contributed by atoms with Gasteiger partial charge in [0.2, 0.25) is 0 Å². The van der Waals surface area contributed by atoms with Crippen molar-refractivity contribution in [3.05, 3.63) is 71.8 Å². The molecule has 2 aliphatic heterocycles. The maximum Gasteiger partial charge on any atom is 0.317 e. The number of nitrogens with one attached hydrogen (secondary N) is 1. The molecule has 0 radical (unpaired) electrons. The van der Waals surface area contributed by atoms with Crippen LogP contribution in [0.3, 0.4) is 0 Å². The van der Waals surface area contributed by atoms with E-state index in [4.69, 9.17) is 0 Å². The first-order valence-electron chi connectivity index (χ1n) is 9.57. The maximum atomic E-state index is 12.4. The lowest BCUT2D eigenvalue weighted by Gasteiger charge is -2.31. The van der Waals surface area contributed by atoms with E-state index >= 15 is 0 Å². The Kier molecular flexibility index (Phi) is 6.48. The number of carbonyl (C=O) groups is 1. The Hall–Kier alpha value is -2.37. The van der Waals surface area contributed by atoms with Gasteiger partial charge in [0.15, 0.2) is 0 Å². The van der Waals surface area contributed by atoms with Gasteiger partial charge in [-0.15, -0.1) is 0 Å². The predicted octanol–water partition coefficient (Wildman–Crippen LogP) is 2.49. The standard InChI is InChI=1S/C22H29N3O2/c1-3-17-9-11-24(14-18(17)4-2)16-21(26)13-23-22(27)25-12-10-19-7-5-6-8-20(19)15-25/h3-8,21,26H,1-2,9-16H2,(H,23,27). The molecule has 0 saturated heterocycles.